The lowest BCUT2D eigenvalue weighted by Gasteiger charge is -2.13. The Kier molecular flexibility index (Phi) is 6.16. The molecule has 0 fully saturated rings. The van der Waals surface area contributed by atoms with Gasteiger partial charge in [0, 0.05) is 16.5 Å². The minimum absolute atomic E-state index is 0.246. The molecule has 1 heterocycles. The minimum atomic E-state index is -0.246. The van der Waals surface area contributed by atoms with Gasteiger partial charge in [-0.05, 0) is 19.1 Å². The third-order valence-electron chi connectivity index (χ3n) is 4.21. The van der Waals surface area contributed by atoms with Crippen molar-refractivity contribution in [3.8, 4) is 27.8 Å². The SMILES string of the molecule is COc1cc(C(=O)NCc2csc(-c3ccc(C)cc3)n2)cc(OC)c1OC. The van der Waals surface area contributed by atoms with Crippen molar-refractivity contribution in [2.45, 2.75) is 13.5 Å². The number of methoxy groups -OCH3 is 3. The molecule has 146 valence electrons. The molecule has 0 unspecified atom stereocenters. The number of nitrogens with one attached hydrogen (secondary N) is 1. The van der Waals surface area contributed by atoms with E-state index in [-0.39, 0.29) is 5.91 Å². The highest BCUT2D eigenvalue weighted by Crippen LogP contribution is 2.38. The first kappa shape index (κ1) is 19.7. The van der Waals surface area contributed by atoms with Gasteiger partial charge < -0.3 is 19.5 Å². The Labute approximate surface area is 168 Å². The number of aromatic nitrogens is 1. The zero-order valence-electron chi connectivity index (χ0n) is 16.2. The number of carbonyl (C=O) groups is 1. The van der Waals surface area contributed by atoms with Gasteiger partial charge in [-0.25, -0.2) is 4.98 Å². The van der Waals surface area contributed by atoms with Crippen LogP contribution in [0.25, 0.3) is 10.6 Å². The Morgan fingerprint density at radius 3 is 2.25 bits per heavy atom. The molecule has 0 aliphatic carbocycles. The van der Waals surface area contributed by atoms with E-state index in [0.29, 0.717) is 29.4 Å². The van der Waals surface area contributed by atoms with Crippen molar-refractivity contribution >= 4 is 17.2 Å². The summed E-state index contributed by atoms with van der Waals surface area (Å²) in [5.41, 5.74) is 3.50. The average Bonchev–Trinajstić information content (AvgIpc) is 3.20. The van der Waals surface area contributed by atoms with Crippen LogP contribution in [-0.4, -0.2) is 32.2 Å². The molecule has 2 aromatic carbocycles. The quantitative estimate of drug-likeness (QED) is 0.650. The van der Waals surface area contributed by atoms with Crippen LogP contribution in [0.15, 0.2) is 41.8 Å². The molecule has 7 heteroatoms. The number of ether oxygens (including phenoxy) is 3. The number of rotatable bonds is 7. The highest BCUT2D eigenvalue weighted by atomic mass is 32.1. The number of aryl methyl sites for hydroxylation is 1. The summed E-state index contributed by atoms with van der Waals surface area (Å²) in [4.78, 5) is 17.2. The predicted molar refractivity (Wildman–Crippen MR) is 110 cm³/mol. The van der Waals surface area contributed by atoms with Crippen molar-refractivity contribution in [3.05, 3.63) is 58.6 Å². The number of benzene rings is 2. The van der Waals surface area contributed by atoms with Crippen molar-refractivity contribution < 1.29 is 19.0 Å². The lowest BCUT2D eigenvalue weighted by molar-refractivity contribution is 0.0949. The Balaban J connectivity index is 1.71. The number of carbonyl (C=O) groups excluding carboxylic acids is 1. The van der Waals surface area contributed by atoms with E-state index in [0.717, 1.165) is 16.3 Å². The summed E-state index contributed by atoms with van der Waals surface area (Å²) in [7, 11) is 4.55. The maximum Gasteiger partial charge on any atom is 0.251 e. The van der Waals surface area contributed by atoms with Gasteiger partial charge >= 0.3 is 0 Å². The first-order valence-electron chi connectivity index (χ1n) is 8.65. The summed E-state index contributed by atoms with van der Waals surface area (Å²) in [6.07, 6.45) is 0. The standard InChI is InChI=1S/C21H22N2O4S/c1-13-5-7-14(8-6-13)21-23-16(12-28-21)11-22-20(24)15-9-17(25-2)19(27-4)18(10-15)26-3/h5-10,12H,11H2,1-4H3,(H,22,24). The van der Waals surface area contributed by atoms with Crippen LogP contribution in [0.3, 0.4) is 0 Å². The Morgan fingerprint density at radius 2 is 1.68 bits per heavy atom. The molecule has 1 amide bonds. The summed E-state index contributed by atoms with van der Waals surface area (Å²) in [5.74, 6) is 1.07. The van der Waals surface area contributed by atoms with Gasteiger partial charge in [0.2, 0.25) is 5.75 Å². The fraction of sp³-hybridized carbons (Fsp3) is 0.238. The van der Waals surface area contributed by atoms with Gasteiger partial charge in [0.15, 0.2) is 11.5 Å². The molecule has 0 spiro atoms. The molecule has 0 saturated carbocycles. The molecule has 0 aliphatic heterocycles. The zero-order valence-corrected chi connectivity index (χ0v) is 17.1. The number of thiazole rings is 1. The average molecular weight is 398 g/mol. The van der Waals surface area contributed by atoms with Crippen LogP contribution in [0.5, 0.6) is 17.2 Å². The number of nitrogens with zero attached hydrogens (tertiary/aromatic N) is 1. The third kappa shape index (κ3) is 4.26. The number of hydrogen-bond donors (Lipinski definition) is 1. The van der Waals surface area contributed by atoms with Gasteiger partial charge in [-0.2, -0.15) is 0 Å². The number of amides is 1. The van der Waals surface area contributed by atoms with E-state index < -0.39 is 0 Å². The van der Waals surface area contributed by atoms with E-state index >= 15 is 0 Å². The molecule has 0 saturated heterocycles. The molecule has 1 aromatic heterocycles. The molecular weight excluding hydrogens is 376 g/mol. The van der Waals surface area contributed by atoms with Crippen molar-refractivity contribution in [1.29, 1.82) is 0 Å². The fourth-order valence-corrected chi connectivity index (χ4v) is 3.53. The van der Waals surface area contributed by atoms with Crippen LogP contribution in [-0.2, 0) is 6.54 Å². The molecule has 0 bridgehead atoms. The lowest BCUT2D eigenvalue weighted by atomic mass is 10.1. The summed E-state index contributed by atoms with van der Waals surface area (Å²) in [6, 6.07) is 11.5. The van der Waals surface area contributed by atoms with Crippen molar-refractivity contribution in [1.82, 2.24) is 10.3 Å². The van der Waals surface area contributed by atoms with E-state index in [9.17, 15) is 4.79 Å². The smallest absolute Gasteiger partial charge is 0.251 e. The van der Waals surface area contributed by atoms with Gasteiger partial charge in [-0.1, -0.05) is 29.8 Å². The Hall–Kier alpha value is -3.06. The van der Waals surface area contributed by atoms with Crippen molar-refractivity contribution in [2.75, 3.05) is 21.3 Å². The highest BCUT2D eigenvalue weighted by molar-refractivity contribution is 7.13. The first-order chi connectivity index (χ1) is 13.5. The van der Waals surface area contributed by atoms with Crippen LogP contribution in [0, 0.1) is 6.92 Å². The molecule has 0 aliphatic rings. The molecule has 3 rings (SSSR count). The molecule has 3 aromatic rings. The van der Waals surface area contributed by atoms with Crippen LogP contribution < -0.4 is 19.5 Å². The van der Waals surface area contributed by atoms with Crippen LogP contribution in [0.2, 0.25) is 0 Å². The van der Waals surface area contributed by atoms with Gasteiger partial charge in [-0.3, -0.25) is 4.79 Å². The molecule has 1 N–H and O–H groups in total. The third-order valence-corrected chi connectivity index (χ3v) is 5.15. The minimum Gasteiger partial charge on any atom is -0.493 e. The summed E-state index contributed by atoms with van der Waals surface area (Å²) < 4.78 is 15.9. The van der Waals surface area contributed by atoms with Gasteiger partial charge in [0.1, 0.15) is 5.01 Å². The zero-order chi connectivity index (χ0) is 20.1. The first-order valence-corrected chi connectivity index (χ1v) is 9.53. The van der Waals surface area contributed by atoms with E-state index in [1.807, 2.05) is 17.5 Å². The van der Waals surface area contributed by atoms with Crippen LogP contribution >= 0.6 is 11.3 Å². The van der Waals surface area contributed by atoms with E-state index in [1.54, 1.807) is 23.5 Å². The summed E-state index contributed by atoms with van der Waals surface area (Å²) in [6.45, 7) is 2.38. The summed E-state index contributed by atoms with van der Waals surface area (Å²) in [5, 5.41) is 5.76. The number of hydrogen-bond acceptors (Lipinski definition) is 6. The van der Waals surface area contributed by atoms with Gasteiger partial charge in [0.05, 0.1) is 33.6 Å². The Morgan fingerprint density at radius 1 is 1.04 bits per heavy atom. The topological polar surface area (TPSA) is 69.7 Å². The molecule has 0 radical (unpaired) electrons. The molecule has 6 nitrogen and oxygen atoms in total. The maximum atomic E-state index is 12.6. The monoisotopic (exact) mass is 398 g/mol. The van der Waals surface area contributed by atoms with Gasteiger partial charge in [0.25, 0.3) is 5.91 Å². The second kappa shape index (κ2) is 8.75. The van der Waals surface area contributed by atoms with E-state index in [4.69, 9.17) is 14.2 Å². The lowest BCUT2D eigenvalue weighted by Crippen LogP contribution is -2.23. The van der Waals surface area contributed by atoms with Crippen LogP contribution in [0.4, 0.5) is 0 Å². The molecule has 28 heavy (non-hydrogen) atoms. The molecule has 0 atom stereocenters. The van der Waals surface area contributed by atoms with Crippen LogP contribution in [0.1, 0.15) is 21.6 Å². The van der Waals surface area contributed by atoms with Crippen molar-refractivity contribution in [2.24, 2.45) is 0 Å². The molecular formula is C21H22N2O4S. The largest absolute Gasteiger partial charge is 0.493 e. The Bertz CT molecular complexity index is 942. The predicted octanol–water partition coefficient (Wildman–Crippen LogP) is 4.07. The highest BCUT2D eigenvalue weighted by Gasteiger charge is 2.17. The van der Waals surface area contributed by atoms with Gasteiger partial charge in [-0.15, -0.1) is 11.3 Å². The second-order valence-corrected chi connectivity index (χ2v) is 6.96. The summed E-state index contributed by atoms with van der Waals surface area (Å²) >= 11 is 1.55. The van der Waals surface area contributed by atoms with E-state index in [1.165, 1.54) is 26.9 Å². The maximum absolute atomic E-state index is 12.6. The fourth-order valence-electron chi connectivity index (χ4n) is 2.70. The normalized spacial score (nSPS) is 10.4. The van der Waals surface area contributed by atoms with Crippen molar-refractivity contribution in [3.63, 3.8) is 0 Å². The second-order valence-electron chi connectivity index (χ2n) is 6.11. The van der Waals surface area contributed by atoms with E-state index in [2.05, 4.69) is 29.4 Å².